The molecule has 0 atom stereocenters. The second-order valence-electron chi connectivity index (χ2n) is 7.60. The molecule has 0 unspecified atom stereocenters. The SMILES string of the molecule is Cc1sc2nc(SCC(=O)c3ccc4ccccc4c3)n(Cc3ccco3)c(=O)c2c1C. The van der Waals surface area contributed by atoms with Gasteiger partial charge in [0.25, 0.3) is 5.56 Å². The first-order valence-electron chi connectivity index (χ1n) is 10.2. The third-order valence-electron chi connectivity index (χ3n) is 5.55. The molecular weight excluding hydrogens is 440 g/mol. The molecule has 32 heavy (non-hydrogen) atoms. The smallest absolute Gasteiger partial charge is 0.263 e. The lowest BCUT2D eigenvalue weighted by Gasteiger charge is -2.11. The minimum absolute atomic E-state index is 0.00168. The molecule has 5 aromatic rings. The molecule has 0 radical (unpaired) electrons. The molecule has 2 aromatic carbocycles. The topological polar surface area (TPSA) is 65.1 Å². The minimum atomic E-state index is -0.103. The molecule has 3 aromatic heterocycles. The maximum Gasteiger partial charge on any atom is 0.263 e. The van der Waals surface area contributed by atoms with E-state index in [1.54, 1.807) is 16.9 Å². The Morgan fingerprint density at radius 3 is 2.69 bits per heavy atom. The molecule has 7 heteroatoms. The first kappa shape index (κ1) is 20.7. The number of nitrogens with zero attached hydrogens (tertiary/aromatic N) is 2. The van der Waals surface area contributed by atoms with Gasteiger partial charge >= 0.3 is 0 Å². The van der Waals surface area contributed by atoms with Gasteiger partial charge < -0.3 is 4.42 Å². The van der Waals surface area contributed by atoms with Gasteiger partial charge in [0.15, 0.2) is 10.9 Å². The number of fused-ring (bicyclic) bond motifs is 2. The highest BCUT2D eigenvalue weighted by Crippen LogP contribution is 2.29. The van der Waals surface area contributed by atoms with E-state index >= 15 is 0 Å². The average molecular weight is 461 g/mol. The van der Waals surface area contributed by atoms with Crippen molar-refractivity contribution in [2.24, 2.45) is 0 Å². The number of carbonyl (C=O) groups excluding carboxylic acids is 1. The average Bonchev–Trinajstić information content (AvgIpc) is 3.41. The standard InChI is InChI=1S/C25H20N2O3S2/c1-15-16(2)32-23-22(15)24(29)27(13-20-8-5-11-30-20)25(26-23)31-14-21(28)19-10-9-17-6-3-4-7-18(17)12-19/h3-12H,13-14H2,1-2H3. The van der Waals surface area contributed by atoms with Crippen LogP contribution in [0.1, 0.15) is 26.6 Å². The largest absolute Gasteiger partial charge is 0.467 e. The van der Waals surface area contributed by atoms with Crippen molar-refractivity contribution >= 4 is 49.9 Å². The Bertz CT molecular complexity index is 1510. The van der Waals surface area contributed by atoms with Crippen molar-refractivity contribution in [1.82, 2.24) is 9.55 Å². The molecule has 0 fully saturated rings. The molecule has 0 saturated carbocycles. The molecule has 5 rings (SSSR count). The molecule has 0 N–H and O–H groups in total. The summed E-state index contributed by atoms with van der Waals surface area (Å²) in [5.74, 6) is 0.858. The van der Waals surface area contributed by atoms with Crippen LogP contribution in [0.25, 0.3) is 21.0 Å². The molecule has 0 aliphatic rings. The van der Waals surface area contributed by atoms with Crippen LogP contribution in [0.15, 0.2) is 75.2 Å². The lowest BCUT2D eigenvalue weighted by atomic mass is 10.1. The van der Waals surface area contributed by atoms with Crippen molar-refractivity contribution in [1.29, 1.82) is 0 Å². The number of hydrogen-bond donors (Lipinski definition) is 0. The number of aryl methyl sites for hydroxylation is 2. The van der Waals surface area contributed by atoms with Gasteiger partial charge in [-0.05, 0) is 48.4 Å². The fraction of sp³-hybridized carbons (Fsp3) is 0.160. The van der Waals surface area contributed by atoms with E-state index in [0.29, 0.717) is 26.7 Å². The van der Waals surface area contributed by atoms with E-state index in [1.165, 1.54) is 23.1 Å². The van der Waals surface area contributed by atoms with Gasteiger partial charge in [-0.25, -0.2) is 4.98 Å². The zero-order chi connectivity index (χ0) is 22.2. The van der Waals surface area contributed by atoms with Gasteiger partial charge in [-0.2, -0.15) is 0 Å². The van der Waals surface area contributed by atoms with Crippen LogP contribution in [0.2, 0.25) is 0 Å². The van der Waals surface area contributed by atoms with Crippen LogP contribution >= 0.6 is 23.1 Å². The Hall–Kier alpha value is -3.16. The zero-order valence-electron chi connectivity index (χ0n) is 17.6. The van der Waals surface area contributed by atoms with Gasteiger partial charge in [-0.1, -0.05) is 48.2 Å². The second-order valence-corrected chi connectivity index (χ2v) is 9.75. The number of aromatic nitrogens is 2. The number of thioether (sulfide) groups is 1. The number of ketones is 1. The first-order chi connectivity index (χ1) is 15.5. The van der Waals surface area contributed by atoms with Crippen molar-refractivity contribution in [3.63, 3.8) is 0 Å². The van der Waals surface area contributed by atoms with Crippen LogP contribution < -0.4 is 5.56 Å². The number of thiophene rings is 1. The summed E-state index contributed by atoms with van der Waals surface area (Å²) in [5.41, 5.74) is 1.51. The van der Waals surface area contributed by atoms with Crippen LogP contribution in [-0.2, 0) is 6.54 Å². The number of furan rings is 1. The van der Waals surface area contributed by atoms with E-state index in [9.17, 15) is 9.59 Å². The van der Waals surface area contributed by atoms with Gasteiger partial charge in [0.1, 0.15) is 10.6 Å². The van der Waals surface area contributed by atoms with Crippen molar-refractivity contribution in [2.75, 3.05) is 5.75 Å². The van der Waals surface area contributed by atoms with E-state index in [1.807, 2.05) is 62.4 Å². The van der Waals surface area contributed by atoms with Crippen LogP contribution in [0.5, 0.6) is 0 Å². The van der Waals surface area contributed by atoms with Gasteiger partial charge in [-0.3, -0.25) is 14.2 Å². The highest BCUT2D eigenvalue weighted by molar-refractivity contribution is 7.99. The monoisotopic (exact) mass is 460 g/mol. The van der Waals surface area contributed by atoms with E-state index in [2.05, 4.69) is 0 Å². The summed E-state index contributed by atoms with van der Waals surface area (Å²) in [6.07, 6.45) is 1.59. The molecule has 0 spiro atoms. The van der Waals surface area contributed by atoms with Gasteiger partial charge in [0, 0.05) is 10.4 Å². The summed E-state index contributed by atoms with van der Waals surface area (Å²) in [7, 11) is 0. The molecule has 5 nitrogen and oxygen atoms in total. The first-order valence-corrected chi connectivity index (χ1v) is 12.0. The molecule has 0 saturated heterocycles. The van der Waals surface area contributed by atoms with Crippen molar-refractivity contribution in [3.8, 4) is 0 Å². The highest BCUT2D eigenvalue weighted by atomic mass is 32.2. The van der Waals surface area contributed by atoms with Crippen molar-refractivity contribution in [2.45, 2.75) is 25.5 Å². The number of Topliss-reactive ketones (excluding diaryl/α,β-unsaturated/α-hetero) is 1. The quantitative estimate of drug-likeness (QED) is 0.181. The van der Waals surface area contributed by atoms with Crippen LogP contribution in [-0.4, -0.2) is 21.1 Å². The Labute approximate surface area is 192 Å². The summed E-state index contributed by atoms with van der Waals surface area (Å²) in [5, 5.41) is 3.29. The number of rotatable bonds is 6. The van der Waals surface area contributed by atoms with Gasteiger partial charge in [-0.15, -0.1) is 11.3 Å². The van der Waals surface area contributed by atoms with E-state index < -0.39 is 0 Å². The highest BCUT2D eigenvalue weighted by Gasteiger charge is 2.19. The van der Waals surface area contributed by atoms with E-state index in [4.69, 9.17) is 9.40 Å². The normalized spacial score (nSPS) is 11.4. The molecule has 0 aliphatic heterocycles. The van der Waals surface area contributed by atoms with Gasteiger partial charge in [0.2, 0.25) is 0 Å². The fourth-order valence-electron chi connectivity index (χ4n) is 3.69. The molecule has 3 heterocycles. The maximum absolute atomic E-state index is 13.4. The summed E-state index contributed by atoms with van der Waals surface area (Å²) in [6, 6.07) is 17.3. The molecule has 0 amide bonds. The number of hydrogen-bond acceptors (Lipinski definition) is 6. The molecular formula is C25H20N2O3S2. The van der Waals surface area contributed by atoms with Crippen LogP contribution in [0.4, 0.5) is 0 Å². The van der Waals surface area contributed by atoms with E-state index in [-0.39, 0.29) is 23.6 Å². The summed E-state index contributed by atoms with van der Waals surface area (Å²) >= 11 is 2.80. The molecule has 160 valence electrons. The van der Waals surface area contributed by atoms with E-state index in [0.717, 1.165) is 21.2 Å². The van der Waals surface area contributed by atoms with Crippen LogP contribution in [0.3, 0.4) is 0 Å². The van der Waals surface area contributed by atoms with Crippen molar-refractivity contribution in [3.05, 3.63) is 93.0 Å². The van der Waals surface area contributed by atoms with Crippen LogP contribution in [0, 0.1) is 13.8 Å². The third-order valence-corrected chi connectivity index (χ3v) is 7.63. The Morgan fingerprint density at radius 2 is 1.91 bits per heavy atom. The summed E-state index contributed by atoms with van der Waals surface area (Å²) in [6.45, 7) is 4.22. The van der Waals surface area contributed by atoms with Gasteiger partial charge in [0.05, 0.1) is 23.9 Å². The fourth-order valence-corrected chi connectivity index (χ4v) is 5.66. The third kappa shape index (κ3) is 3.78. The zero-order valence-corrected chi connectivity index (χ0v) is 19.3. The minimum Gasteiger partial charge on any atom is -0.467 e. The predicted molar refractivity (Wildman–Crippen MR) is 130 cm³/mol. The molecule has 0 aliphatic carbocycles. The van der Waals surface area contributed by atoms with Crippen molar-refractivity contribution < 1.29 is 9.21 Å². The predicted octanol–water partition coefficient (Wildman–Crippen LogP) is 5.84. The maximum atomic E-state index is 13.4. The Kier molecular flexibility index (Phi) is 5.45. The number of carbonyl (C=O) groups is 1. The Morgan fingerprint density at radius 1 is 1.09 bits per heavy atom. The lowest BCUT2D eigenvalue weighted by Crippen LogP contribution is -2.24. The summed E-state index contributed by atoms with van der Waals surface area (Å²) < 4.78 is 7.08. The second kappa shape index (κ2) is 8.41. The Balaban J connectivity index is 1.49. The summed E-state index contributed by atoms with van der Waals surface area (Å²) in [4.78, 5) is 32.9. The number of benzene rings is 2. The molecule has 0 bridgehead atoms. The lowest BCUT2D eigenvalue weighted by molar-refractivity contribution is 0.102.